The third kappa shape index (κ3) is 3.80. The predicted octanol–water partition coefficient (Wildman–Crippen LogP) is 2.06. The quantitative estimate of drug-likeness (QED) is 0.691. The van der Waals surface area contributed by atoms with E-state index < -0.39 is 0 Å². The number of hydrogen-bond donors (Lipinski definition) is 1. The van der Waals surface area contributed by atoms with Crippen LogP contribution in [0.25, 0.3) is 0 Å². The predicted molar refractivity (Wildman–Crippen MR) is 79.7 cm³/mol. The second-order valence-electron chi connectivity index (χ2n) is 4.12. The van der Waals surface area contributed by atoms with E-state index in [1.165, 1.54) is 0 Å². The van der Waals surface area contributed by atoms with Gasteiger partial charge in [-0.25, -0.2) is 0 Å². The van der Waals surface area contributed by atoms with Crippen molar-refractivity contribution in [1.82, 2.24) is 9.78 Å². The lowest BCUT2D eigenvalue weighted by molar-refractivity contribution is 0.350. The molecule has 104 valence electrons. The normalized spacial score (nSPS) is 9.95. The summed E-state index contributed by atoms with van der Waals surface area (Å²) in [6, 6.07) is 5.77. The molecule has 1 aromatic heterocycles. The van der Waals surface area contributed by atoms with Crippen LogP contribution in [0.5, 0.6) is 5.75 Å². The largest absolute Gasteiger partial charge is 0.497 e. The molecular weight excluding hydrogens is 272 g/mol. The number of rotatable bonds is 4. The lowest BCUT2D eigenvalue weighted by Crippen LogP contribution is -1.91. The molecule has 0 bridgehead atoms. The average molecular weight is 288 g/mol. The molecule has 0 atom stereocenters. The van der Waals surface area contributed by atoms with Crippen molar-refractivity contribution in [2.75, 3.05) is 13.7 Å². The van der Waals surface area contributed by atoms with Crippen LogP contribution in [0.4, 0.5) is 0 Å². The van der Waals surface area contributed by atoms with Gasteiger partial charge in [0.2, 0.25) is 0 Å². The van der Waals surface area contributed by atoms with Crippen LogP contribution in [0.15, 0.2) is 35.5 Å². The minimum Gasteiger partial charge on any atom is -0.497 e. The van der Waals surface area contributed by atoms with Crippen molar-refractivity contribution < 1.29 is 9.84 Å². The zero-order chi connectivity index (χ0) is 14.4. The molecule has 4 nitrogen and oxygen atoms in total. The topological polar surface area (TPSA) is 47.3 Å². The standard InChI is InChI=1S/C15H16N2O2S/c1-17-10-15(9-16-17)20-11-13-8-14(19-2)6-5-12(13)4-3-7-18/h5-6,8-10,18H,7,11H2,1-2H3. The molecule has 0 radical (unpaired) electrons. The van der Waals surface area contributed by atoms with Crippen LogP contribution in [0.3, 0.4) is 0 Å². The molecule has 2 rings (SSSR count). The Morgan fingerprint density at radius 3 is 2.95 bits per heavy atom. The Hall–Kier alpha value is -1.90. The first-order valence-corrected chi connectivity index (χ1v) is 7.09. The van der Waals surface area contributed by atoms with Gasteiger partial charge < -0.3 is 9.84 Å². The van der Waals surface area contributed by atoms with Crippen molar-refractivity contribution in [3.63, 3.8) is 0 Å². The Kier molecular flexibility index (Phi) is 5.10. The minimum atomic E-state index is -0.138. The maximum atomic E-state index is 8.82. The summed E-state index contributed by atoms with van der Waals surface area (Å²) >= 11 is 1.69. The Labute approximate surface area is 122 Å². The molecule has 20 heavy (non-hydrogen) atoms. The van der Waals surface area contributed by atoms with Gasteiger partial charge >= 0.3 is 0 Å². The van der Waals surface area contributed by atoms with Crippen LogP contribution in [0.1, 0.15) is 11.1 Å². The number of hydrogen-bond acceptors (Lipinski definition) is 4. The third-order valence-corrected chi connectivity index (χ3v) is 3.69. The molecule has 0 aliphatic rings. The molecule has 0 spiro atoms. The number of aromatic nitrogens is 2. The zero-order valence-electron chi connectivity index (χ0n) is 11.5. The van der Waals surface area contributed by atoms with Gasteiger partial charge in [0.15, 0.2) is 0 Å². The Bertz CT molecular complexity index is 641. The van der Waals surface area contributed by atoms with Crippen molar-refractivity contribution in [3.05, 3.63) is 41.7 Å². The highest BCUT2D eigenvalue weighted by Gasteiger charge is 2.05. The number of ether oxygens (including phenoxy) is 1. The van der Waals surface area contributed by atoms with Gasteiger partial charge in [0.25, 0.3) is 0 Å². The molecule has 1 heterocycles. The van der Waals surface area contributed by atoms with Crippen LogP contribution < -0.4 is 4.74 Å². The van der Waals surface area contributed by atoms with Crippen molar-refractivity contribution in [2.45, 2.75) is 10.6 Å². The smallest absolute Gasteiger partial charge is 0.119 e. The summed E-state index contributed by atoms with van der Waals surface area (Å²) in [6.45, 7) is -0.138. The molecular formula is C15H16N2O2S. The molecule has 0 fully saturated rings. The van der Waals surface area contributed by atoms with Crippen LogP contribution in [-0.2, 0) is 12.8 Å². The summed E-state index contributed by atoms with van der Waals surface area (Å²) in [6.07, 6.45) is 3.81. The fraction of sp³-hybridized carbons (Fsp3) is 0.267. The molecule has 0 amide bonds. The summed E-state index contributed by atoms with van der Waals surface area (Å²) < 4.78 is 7.03. The third-order valence-electron chi connectivity index (χ3n) is 2.69. The molecule has 1 N–H and O–H groups in total. The van der Waals surface area contributed by atoms with Gasteiger partial charge in [0, 0.05) is 29.5 Å². The van der Waals surface area contributed by atoms with E-state index >= 15 is 0 Å². The van der Waals surface area contributed by atoms with Crippen LogP contribution in [0, 0.1) is 11.8 Å². The fourth-order valence-electron chi connectivity index (χ4n) is 1.71. The molecule has 2 aromatic rings. The highest BCUT2D eigenvalue weighted by molar-refractivity contribution is 7.98. The van der Waals surface area contributed by atoms with Gasteiger partial charge in [0.05, 0.1) is 13.3 Å². The molecule has 0 saturated carbocycles. The van der Waals surface area contributed by atoms with E-state index in [0.717, 1.165) is 27.5 Å². The van der Waals surface area contributed by atoms with E-state index in [1.807, 2.05) is 37.6 Å². The Morgan fingerprint density at radius 1 is 1.45 bits per heavy atom. The summed E-state index contributed by atoms with van der Waals surface area (Å²) in [4.78, 5) is 1.11. The molecule has 0 aliphatic carbocycles. The van der Waals surface area contributed by atoms with E-state index in [1.54, 1.807) is 23.6 Å². The first-order valence-electron chi connectivity index (χ1n) is 6.11. The summed E-state index contributed by atoms with van der Waals surface area (Å²) in [5.41, 5.74) is 2.00. The summed E-state index contributed by atoms with van der Waals surface area (Å²) in [5, 5.41) is 13.0. The number of thioether (sulfide) groups is 1. The molecule has 0 aliphatic heterocycles. The van der Waals surface area contributed by atoms with Gasteiger partial charge in [-0.3, -0.25) is 4.68 Å². The maximum absolute atomic E-state index is 8.82. The van der Waals surface area contributed by atoms with Crippen LogP contribution >= 0.6 is 11.8 Å². The SMILES string of the molecule is COc1ccc(C#CCO)c(CSc2cnn(C)c2)c1. The molecule has 0 saturated heterocycles. The van der Waals surface area contributed by atoms with Crippen molar-refractivity contribution in [1.29, 1.82) is 0 Å². The number of aryl methyl sites for hydroxylation is 1. The summed E-state index contributed by atoms with van der Waals surface area (Å²) in [5.74, 6) is 7.23. The number of nitrogens with zero attached hydrogens (tertiary/aromatic N) is 2. The lowest BCUT2D eigenvalue weighted by Gasteiger charge is -2.07. The van der Waals surface area contributed by atoms with E-state index in [4.69, 9.17) is 9.84 Å². The summed E-state index contributed by atoms with van der Waals surface area (Å²) in [7, 11) is 3.54. The Balaban J connectivity index is 2.18. The van der Waals surface area contributed by atoms with Gasteiger partial charge in [-0.15, -0.1) is 11.8 Å². The highest BCUT2D eigenvalue weighted by Crippen LogP contribution is 2.26. The zero-order valence-corrected chi connectivity index (χ0v) is 12.3. The van der Waals surface area contributed by atoms with Gasteiger partial charge in [0.1, 0.15) is 12.4 Å². The second-order valence-corrected chi connectivity index (χ2v) is 5.17. The number of methoxy groups -OCH3 is 1. The van der Waals surface area contributed by atoms with Gasteiger partial charge in [-0.2, -0.15) is 5.10 Å². The Morgan fingerprint density at radius 2 is 2.30 bits per heavy atom. The lowest BCUT2D eigenvalue weighted by atomic mass is 10.1. The van der Waals surface area contributed by atoms with E-state index in [-0.39, 0.29) is 6.61 Å². The van der Waals surface area contributed by atoms with Crippen molar-refractivity contribution in [2.24, 2.45) is 7.05 Å². The van der Waals surface area contributed by atoms with Crippen LogP contribution in [0.2, 0.25) is 0 Å². The molecule has 0 unspecified atom stereocenters. The number of benzene rings is 1. The van der Waals surface area contributed by atoms with E-state index in [2.05, 4.69) is 16.9 Å². The number of aliphatic hydroxyl groups excluding tert-OH is 1. The van der Waals surface area contributed by atoms with Crippen LogP contribution in [-0.4, -0.2) is 28.6 Å². The average Bonchev–Trinajstić information content (AvgIpc) is 2.89. The van der Waals surface area contributed by atoms with Crippen molar-refractivity contribution in [3.8, 4) is 17.6 Å². The number of aliphatic hydroxyl groups is 1. The van der Waals surface area contributed by atoms with Crippen molar-refractivity contribution >= 4 is 11.8 Å². The first kappa shape index (κ1) is 14.5. The minimum absolute atomic E-state index is 0.138. The molecule has 1 aromatic carbocycles. The second kappa shape index (κ2) is 7.04. The van der Waals surface area contributed by atoms with E-state index in [0.29, 0.717) is 0 Å². The maximum Gasteiger partial charge on any atom is 0.119 e. The molecule has 5 heteroatoms. The monoisotopic (exact) mass is 288 g/mol. The fourth-order valence-corrected chi connectivity index (χ4v) is 2.62. The van der Waals surface area contributed by atoms with Gasteiger partial charge in [-0.1, -0.05) is 11.8 Å². The van der Waals surface area contributed by atoms with E-state index in [9.17, 15) is 0 Å². The highest BCUT2D eigenvalue weighted by atomic mass is 32.2. The first-order chi connectivity index (χ1) is 9.72. The van der Waals surface area contributed by atoms with Gasteiger partial charge in [-0.05, 0) is 23.8 Å².